The Morgan fingerprint density at radius 3 is 2.27 bits per heavy atom. The van der Waals surface area contributed by atoms with Crippen LogP contribution in [0.1, 0.15) is 22.4 Å². The lowest BCUT2D eigenvalue weighted by molar-refractivity contribution is 0.0480. The van der Waals surface area contributed by atoms with Gasteiger partial charge in [-0.2, -0.15) is 8.78 Å². The minimum atomic E-state index is -3.18. The average molecular weight is 478 g/mol. The number of carbonyl (C=O) groups excluding carboxylic acids is 2. The summed E-state index contributed by atoms with van der Waals surface area (Å²) in [5.41, 5.74) is 3.90. The van der Waals surface area contributed by atoms with Gasteiger partial charge in [-0.05, 0) is 35.2 Å². The van der Waals surface area contributed by atoms with Crippen molar-refractivity contribution in [3.05, 3.63) is 71.2 Å². The normalized spacial score (nSPS) is 13.8. The molecule has 5 rings (SSSR count). The van der Waals surface area contributed by atoms with Crippen molar-refractivity contribution in [3.8, 4) is 34.2 Å². The molecule has 2 atom stereocenters. The first-order chi connectivity index (χ1) is 16.0. The second kappa shape index (κ2) is 8.44. The van der Waals surface area contributed by atoms with Crippen LogP contribution in [0.2, 0.25) is 0 Å². The summed E-state index contributed by atoms with van der Waals surface area (Å²) in [6.45, 7) is 0. The molecule has 0 fully saturated rings. The third kappa shape index (κ3) is 3.91. The van der Waals surface area contributed by atoms with Gasteiger partial charge in [0, 0.05) is 39.4 Å². The molecule has 33 heavy (non-hydrogen) atoms. The summed E-state index contributed by atoms with van der Waals surface area (Å²) in [4.78, 5) is 35.4. The zero-order chi connectivity index (χ0) is 23.0. The van der Waals surface area contributed by atoms with Gasteiger partial charge in [0.15, 0.2) is 0 Å². The van der Waals surface area contributed by atoms with E-state index in [1.54, 1.807) is 24.3 Å². The third-order valence-electron chi connectivity index (χ3n) is 5.20. The van der Waals surface area contributed by atoms with Crippen molar-refractivity contribution in [3.63, 3.8) is 0 Å². The highest BCUT2D eigenvalue weighted by Gasteiger charge is 2.44. The van der Waals surface area contributed by atoms with E-state index in [9.17, 15) is 9.59 Å². The molecule has 0 saturated heterocycles. The molecular weight excluding hydrogens is 464 g/mol. The first-order valence-corrected chi connectivity index (χ1v) is 11.8. The van der Waals surface area contributed by atoms with Crippen molar-refractivity contribution in [1.29, 1.82) is 0 Å². The number of fused-ring (bicyclic) bond motifs is 3. The fourth-order valence-electron chi connectivity index (χ4n) is 3.72. The van der Waals surface area contributed by atoms with Crippen LogP contribution < -0.4 is 11.1 Å². The van der Waals surface area contributed by atoms with Gasteiger partial charge in [-0.1, -0.05) is 24.1 Å². The second-order valence-corrected chi connectivity index (χ2v) is 9.16. The molecular formula is C23H14F2N4O2P2. The number of imidazole rings is 2. The second-order valence-electron chi connectivity index (χ2n) is 7.16. The number of benzene rings is 2. The monoisotopic (exact) mass is 478 g/mol. The molecule has 4 aromatic rings. The molecule has 0 aliphatic heterocycles. The molecule has 6 nitrogen and oxygen atoms in total. The van der Waals surface area contributed by atoms with E-state index in [0.717, 1.165) is 12.1 Å². The number of alkyl halides is 2. The van der Waals surface area contributed by atoms with Crippen LogP contribution in [0.5, 0.6) is 0 Å². The Labute approximate surface area is 190 Å². The highest BCUT2D eigenvalue weighted by Crippen LogP contribution is 2.51. The van der Waals surface area contributed by atoms with Crippen molar-refractivity contribution in [2.45, 2.75) is 5.92 Å². The lowest BCUT2D eigenvalue weighted by Crippen LogP contribution is -2.11. The molecule has 0 bridgehead atoms. The number of H-pyrrole nitrogens is 2. The summed E-state index contributed by atoms with van der Waals surface area (Å²) in [6, 6.07) is 11.2. The van der Waals surface area contributed by atoms with E-state index in [1.165, 1.54) is 24.5 Å². The number of nitrogens with one attached hydrogen (secondary N) is 2. The lowest BCUT2D eigenvalue weighted by Gasteiger charge is -2.13. The van der Waals surface area contributed by atoms with E-state index in [1.807, 2.05) is 0 Å². The molecule has 0 spiro atoms. The molecule has 162 valence electrons. The van der Waals surface area contributed by atoms with Crippen molar-refractivity contribution < 1.29 is 18.4 Å². The number of halogens is 2. The molecule has 0 amide bonds. The average Bonchev–Trinajstić information content (AvgIpc) is 3.51. The van der Waals surface area contributed by atoms with Gasteiger partial charge >= 0.3 is 0 Å². The van der Waals surface area contributed by atoms with E-state index in [2.05, 4.69) is 31.8 Å². The van der Waals surface area contributed by atoms with Gasteiger partial charge in [-0.15, -0.1) is 0 Å². The first kappa shape index (κ1) is 21.3. The van der Waals surface area contributed by atoms with Gasteiger partial charge in [-0.3, -0.25) is 9.59 Å². The van der Waals surface area contributed by atoms with Gasteiger partial charge in [0.05, 0.1) is 18.1 Å². The number of aromatic amines is 2. The minimum Gasteiger partial charge on any atom is -0.338 e. The van der Waals surface area contributed by atoms with Gasteiger partial charge < -0.3 is 9.97 Å². The molecule has 0 radical (unpaired) electrons. The van der Waals surface area contributed by atoms with Crippen molar-refractivity contribution >= 4 is 40.3 Å². The maximum atomic E-state index is 15.4. The van der Waals surface area contributed by atoms with Crippen LogP contribution in [0.3, 0.4) is 0 Å². The largest absolute Gasteiger partial charge is 0.338 e. The molecule has 2 heterocycles. The zero-order valence-corrected chi connectivity index (χ0v) is 18.7. The molecule has 1 aliphatic rings. The molecule has 2 N–H and O–H groups in total. The van der Waals surface area contributed by atoms with Crippen LogP contribution in [0.4, 0.5) is 8.78 Å². The maximum Gasteiger partial charge on any atom is 0.299 e. The summed E-state index contributed by atoms with van der Waals surface area (Å²) < 4.78 is 30.8. The molecule has 0 saturated carbocycles. The molecule has 2 aromatic carbocycles. The Morgan fingerprint density at radius 2 is 1.52 bits per heavy atom. The highest BCUT2D eigenvalue weighted by atomic mass is 31.1. The number of carbonyl (C=O) groups is 2. The first-order valence-electron chi connectivity index (χ1n) is 9.69. The summed E-state index contributed by atoms with van der Waals surface area (Å²) in [6.07, 6.45) is 3.05. The predicted molar refractivity (Wildman–Crippen MR) is 126 cm³/mol. The van der Waals surface area contributed by atoms with E-state index in [0.29, 0.717) is 44.8 Å². The topological polar surface area (TPSA) is 91.5 Å². The third-order valence-corrected chi connectivity index (χ3v) is 6.49. The number of nitrogens with zero attached hydrogens (tertiary/aromatic N) is 2. The quantitative estimate of drug-likeness (QED) is 0.262. The smallest absolute Gasteiger partial charge is 0.299 e. The summed E-state index contributed by atoms with van der Waals surface area (Å²) in [7, 11) is -0.207. The minimum absolute atomic E-state index is 0.0813. The Balaban J connectivity index is 1.48. The SMILES string of the molecule is O=CPc1ncc(C#Cc2ccc3c(c2)C(F)(F)c2cc(-c4cnc(PC=O)[nH]4)ccc2-3)[nH]1. The van der Waals surface area contributed by atoms with Crippen LogP contribution in [-0.4, -0.2) is 32.0 Å². The fourth-order valence-corrected chi connectivity index (χ4v) is 4.63. The summed E-state index contributed by atoms with van der Waals surface area (Å²) in [5, 5.41) is 0. The lowest BCUT2D eigenvalue weighted by atomic mass is 10.0. The fraction of sp³-hybridized carbons (Fsp3) is 0.0435. The van der Waals surface area contributed by atoms with Crippen LogP contribution in [-0.2, 0) is 15.5 Å². The Morgan fingerprint density at radius 1 is 0.848 bits per heavy atom. The molecule has 10 heteroatoms. The standard InChI is InChI=1S/C23H14F2N4O2P2/c24-23(25)18-7-13(1-4-15-9-26-21(28-15)32-11-30)2-5-16(18)17-6-3-14(8-19(17)23)20-10-27-22(29-20)33-12-31/h2-3,5-12,32-33H,(H,26,28)(H,27,29). The van der Waals surface area contributed by atoms with Crippen molar-refractivity contribution in [1.82, 2.24) is 19.9 Å². The Hall–Kier alpha value is -3.52. The maximum absolute atomic E-state index is 15.4. The van der Waals surface area contributed by atoms with E-state index in [4.69, 9.17) is 0 Å². The number of aromatic nitrogens is 4. The van der Waals surface area contributed by atoms with Crippen molar-refractivity contribution in [2.75, 3.05) is 0 Å². The van der Waals surface area contributed by atoms with Gasteiger partial charge in [0.2, 0.25) is 0 Å². The van der Waals surface area contributed by atoms with E-state index >= 15 is 8.78 Å². The summed E-state index contributed by atoms with van der Waals surface area (Å²) in [5.74, 6) is 2.56. The van der Waals surface area contributed by atoms with Crippen LogP contribution in [0.25, 0.3) is 22.4 Å². The van der Waals surface area contributed by atoms with Gasteiger partial charge in [0.1, 0.15) is 28.9 Å². The van der Waals surface area contributed by atoms with Crippen LogP contribution >= 0.6 is 17.2 Å². The molecule has 2 unspecified atom stereocenters. The number of hydrogen-bond donors (Lipinski definition) is 2. The van der Waals surface area contributed by atoms with E-state index in [-0.39, 0.29) is 28.3 Å². The molecule has 2 aromatic heterocycles. The number of hydrogen-bond acceptors (Lipinski definition) is 4. The zero-order valence-electron chi connectivity index (χ0n) is 16.7. The Kier molecular flexibility index (Phi) is 5.46. The number of rotatable bonds is 5. The van der Waals surface area contributed by atoms with E-state index < -0.39 is 5.92 Å². The van der Waals surface area contributed by atoms with Gasteiger partial charge in [0.25, 0.3) is 5.92 Å². The van der Waals surface area contributed by atoms with Crippen LogP contribution in [0, 0.1) is 11.8 Å². The van der Waals surface area contributed by atoms with Crippen LogP contribution in [0.15, 0.2) is 48.8 Å². The Bertz CT molecular complexity index is 1470. The van der Waals surface area contributed by atoms with Crippen molar-refractivity contribution in [2.24, 2.45) is 0 Å². The molecule has 1 aliphatic carbocycles. The van der Waals surface area contributed by atoms with Gasteiger partial charge in [-0.25, -0.2) is 9.97 Å². The summed E-state index contributed by atoms with van der Waals surface area (Å²) >= 11 is 0. The highest BCUT2D eigenvalue weighted by molar-refractivity contribution is 7.62. The predicted octanol–water partition coefficient (Wildman–Crippen LogP) is 3.31.